The molecule has 0 aliphatic rings. The minimum Gasteiger partial charge on any atom is -0.0925 e. The van der Waals surface area contributed by atoms with Crippen LogP contribution in [0.5, 0.6) is 0 Å². The molecule has 13 heavy (non-hydrogen) atoms. The van der Waals surface area contributed by atoms with Crippen LogP contribution in [-0.2, 0) is 0 Å². The average molecular weight is 249 g/mol. The van der Waals surface area contributed by atoms with Crippen molar-refractivity contribution in [1.82, 2.24) is 0 Å². The highest BCUT2D eigenvalue weighted by Gasteiger charge is 2.09. The summed E-state index contributed by atoms with van der Waals surface area (Å²) in [6.07, 6.45) is 5.58. The molecule has 0 aliphatic heterocycles. The Morgan fingerprint density at radius 2 is 1.54 bits per heavy atom. The first-order valence-corrected chi connectivity index (χ1v) is 6.74. The molecular formula is C12H25Br. The zero-order chi connectivity index (χ0) is 10.3. The molecule has 0 spiro atoms. The number of halogens is 1. The minimum absolute atomic E-state index is 0.849. The summed E-state index contributed by atoms with van der Waals surface area (Å²) in [5.41, 5.74) is 0. The Labute approximate surface area is 92.6 Å². The number of hydrogen-bond acceptors (Lipinski definition) is 0. The van der Waals surface area contributed by atoms with Crippen LogP contribution in [0, 0.1) is 17.8 Å². The predicted molar refractivity (Wildman–Crippen MR) is 65.4 cm³/mol. The Morgan fingerprint density at radius 1 is 0.923 bits per heavy atom. The summed E-state index contributed by atoms with van der Waals surface area (Å²) in [4.78, 5) is 0. The van der Waals surface area contributed by atoms with Gasteiger partial charge in [-0.25, -0.2) is 0 Å². The maximum absolute atomic E-state index is 3.61. The van der Waals surface area contributed by atoms with E-state index < -0.39 is 0 Å². The number of rotatable bonds is 7. The van der Waals surface area contributed by atoms with Crippen LogP contribution >= 0.6 is 15.9 Å². The first-order chi connectivity index (χ1) is 6.06. The highest BCUT2D eigenvalue weighted by atomic mass is 79.9. The molecule has 0 N–H and O–H groups in total. The predicted octanol–water partition coefficient (Wildman–Crippen LogP) is 4.87. The third-order valence-corrected chi connectivity index (χ3v) is 3.33. The van der Waals surface area contributed by atoms with Gasteiger partial charge in [0.05, 0.1) is 0 Å². The summed E-state index contributed by atoms with van der Waals surface area (Å²) in [7, 11) is 0. The zero-order valence-corrected chi connectivity index (χ0v) is 11.2. The molecule has 1 atom stereocenters. The van der Waals surface area contributed by atoms with Crippen LogP contribution in [0.15, 0.2) is 0 Å². The molecule has 0 radical (unpaired) electrons. The smallest absolute Gasteiger partial charge is 0.00597 e. The van der Waals surface area contributed by atoms with E-state index in [0.29, 0.717) is 0 Å². The van der Waals surface area contributed by atoms with Gasteiger partial charge in [0.15, 0.2) is 0 Å². The lowest BCUT2D eigenvalue weighted by Crippen LogP contribution is -2.06. The van der Waals surface area contributed by atoms with Gasteiger partial charge < -0.3 is 0 Å². The van der Waals surface area contributed by atoms with Crippen molar-refractivity contribution in [3.63, 3.8) is 0 Å². The Balaban J connectivity index is 3.48. The molecular weight excluding hydrogens is 224 g/mol. The van der Waals surface area contributed by atoms with Crippen LogP contribution in [-0.4, -0.2) is 5.33 Å². The van der Waals surface area contributed by atoms with Crippen molar-refractivity contribution >= 4 is 15.9 Å². The fourth-order valence-corrected chi connectivity index (χ4v) is 2.33. The fraction of sp³-hybridized carbons (Fsp3) is 1.00. The van der Waals surface area contributed by atoms with E-state index in [1.165, 1.54) is 31.0 Å². The van der Waals surface area contributed by atoms with Crippen LogP contribution < -0.4 is 0 Å². The molecule has 0 bridgehead atoms. The Bertz CT molecular complexity index is 108. The molecule has 0 heterocycles. The van der Waals surface area contributed by atoms with Crippen molar-refractivity contribution in [2.75, 3.05) is 5.33 Å². The molecule has 0 amide bonds. The molecule has 0 saturated heterocycles. The molecule has 0 saturated carbocycles. The second-order valence-electron chi connectivity index (χ2n) is 4.97. The second kappa shape index (κ2) is 7.84. The third-order valence-electron chi connectivity index (χ3n) is 2.42. The van der Waals surface area contributed by atoms with Crippen molar-refractivity contribution in [2.45, 2.75) is 53.4 Å². The van der Waals surface area contributed by atoms with E-state index >= 15 is 0 Å². The van der Waals surface area contributed by atoms with Gasteiger partial charge in [0.25, 0.3) is 0 Å². The lowest BCUT2D eigenvalue weighted by molar-refractivity contribution is 0.395. The van der Waals surface area contributed by atoms with Crippen LogP contribution in [0.25, 0.3) is 0 Å². The van der Waals surface area contributed by atoms with Crippen molar-refractivity contribution < 1.29 is 0 Å². The molecule has 0 aromatic carbocycles. The second-order valence-corrected chi connectivity index (χ2v) is 5.62. The van der Waals surface area contributed by atoms with E-state index in [0.717, 1.165) is 17.8 Å². The Morgan fingerprint density at radius 3 is 1.92 bits per heavy atom. The van der Waals surface area contributed by atoms with E-state index in [9.17, 15) is 0 Å². The molecule has 0 aromatic rings. The molecule has 0 aliphatic carbocycles. The molecule has 0 nitrogen and oxygen atoms in total. The van der Waals surface area contributed by atoms with E-state index in [4.69, 9.17) is 0 Å². The fourth-order valence-electron chi connectivity index (χ4n) is 1.74. The van der Waals surface area contributed by atoms with Gasteiger partial charge in [-0.15, -0.1) is 0 Å². The SMILES string of the molecule is CC(C)CCCC(CBr)CC(C)C. The van der Waals surface area contributed by atoms with Gasteiger partial charge in [0.2, 0.25) is 0 Å². The largest absolute Gasteiger partial charge is 0.0925 e. The summed E-state index contributed by atoms with van der Waals surface area (Å²) < 4.78 is 0. The van der Waals surface area contributed by atoms with E-state index in [-0.39, 0.29) is 0 Å². The monoisotopic (exact) mass is 248 g/mol. The van der Waals surface area contributed by atoms with Gasteiger partial charge in [0, 0.05) is 5.33 Å². The van der Waals surface area contributed by atoms with Gasteiger partial charge in [-0.2, -0.15) is 0 Å². The third kappa shape index (κ3) is 8.80. The van der Waals surface area contributed by atoms with Gasteiger partial charge in [-0.1, -0.05) is 56.5 Å². The average Bonchev–Trinajstić information content (AvgIpc) is 2.01. The van der Waals surface area contributed by atoms with Gasteiger partial charge in [-0.3, -0.25) is 0 Å². The zero-order valence-electron chi connectivity index (χ0n) is 9.65. The molecule has 0 aromatic heterocycles. The van der Waals surface area contributed by atoms with E-state index in [2.05, 4.69) is 43.6 Å². The summed E-state index contributed by atoms with van der Waals surface area (Å²) in [6.45, 7) is 9.26. The quantitative estimate of drug-likeness (QED) is 0.565. The van der Waals surface area contributed by atoms with Gasteiger partial charge in [-0.05, 0) is 30.6 Å². The van der Waals surface area contributed by atoms with Crippen molar-refractivity contribution in [1.29, 1.82) is 0 Å². The topological polar surface area (TPSA) is 0 Å². The lowest BCUT2D eigenvalue weighted by Gasteiger charge is -2.16. The molecule has 0 fully saturated rings. The van der Waals surface area contributed by atoms with Crippen molar-refractivity contribution in [3.05, 3.63) is 0 Å². The Kier molecular flexibility index (Phi) is 8.13. The van der Waals surface area contributed by atoms with Crippen LogP contribution in [0.4, 0.5) is 0 Å². The summed E-state index contributed by atoms with van der Waals surface area (Å²) in [5.74, 6) is 2.62. The normalized spacial score (nSPS) is 14.1. The van der Waals surface area contributed by atoms with Crippen molar-refractivity contribution in [3.8, 4) is 0 Å². The maximum Gasteiger partial charge on any atom is 0.00597 e. The maximum atomic E-state index is 3.61. The summed E-state index contributed by atoms with van der Waals surface area (Å²) in [6, 6.07) is 0. The molecule has 80 valence electrons. The highest BCUT2D eigenvalue weighted by Crippen LogP contribution is 2.21. The highest BCUT2D eigenvalue weighted by molar-refractivity contribution is 9.09. The lowest BCUT2D eigenvalue weighted by atomic mass is 9.92. The van der Waals surface area contributed by atoms with E-state index in [1.807, 2.05) is 0 Å². The minimum atomic E-state index is 0.849. The number of hydrogen-bond donors (Lipinski definition) is 0. The molecule has 1 unspecified atom stereocenters. The van der Waals surface area contributed by atoms with Gasteiger partial charge in [0.1, 0.15) is 0 Å². The first-order valence-electron chi connectivity index (χ1n) is 5.62. The number of alkyl halides is 1. The molecule has 0 rings (SSSR count). The molecule has 1 heteroatoms. The Hall–Kier alpha value is 0.480. The first kappa shape index (κ1) is 13.5. The standard InChI is InChI=1S/C12H25Br/c1-10(2)6-5-7-12(9-13)8-11(3)4/h10-12H,5-9H2,1-4H3. The van der Waals surface area contributed by atoms with Crippen LogP contribution in [0.3, 0.4) is 0 Å². The van der Waals surface area contributed by atoms with Gasteiger partial charge >= 0.3 is 0 Å². The summed E-state index contributed by atoms with van der Waals surface area (Å²) in [5, 5.41) is 1.18. The van der Waals surface area contributed by atoms with Crippen molar-refractivity contribution in [2.24, 2.45) is 17.8 Å². The van der Waals surface area contributed by atoms with E-state index in [1.54, 1.807) is 0 Å². The van der Waals surface area contributed by atoms with Crippen LogP contribution in [0.1, 0.15) is 53.4 Å². The van der Waals surface area contributed by atoms with Crippen LogP contribution in [0.2, 0.25) is 0 Å². The summed E-state index contributed by atoms with van der Waals surface area (Å²) >= 11 is 3.61.